The van der Waals surface area contributed by atoms with Crippen molar-refractivity contribution < 1.29 is 24.9 Å². The van der Waals surface area contributed by atoms with E-state index >= 15 is 0 Å². The lowest BCUT2D eigenvalue weighted by Gasteiger charge is -1.96. The van der Waals surface area contributed by atoms with Crippen LogP contribution in [0.4, 0.5) is 0 Å². The van der Waals surface area contributed by atoms with Crippen molar-refractivity contribution in [1.82, 2.24) is 4.98 Å². The predicted molar refractivity (Wildman–Crippen MR) is 49.3 cm³/mol. The highest BCUT2D eigenvalue weighted by Gasteiger charge is 2.08. The van der Waals surface area contributed by atoms with Crippen molar-refractivity contribution in [3.8, 4) is 5.88 Å². The van der Waals surface area contributed by atoms with Crippen LogP contribution in [0.3, 0.4) is 0 Å². The van der Waals surface area contributed by atoms with Crippen molar-refractivity contribution in [3.05, 3.63) is 22.3 Å². The second kappa shape index (κ2) is 5.92. The van der Waals surface area contributed by atoms with Crippen LogP contribution in [-0.4, -0.2) is 32.7 Å². The van der Waals surface area contributed by atoms with Crippen molar-refractivity contribution in [2.45, 2.75) is 0 Å². The summed E-state index contributed by atoms with van der Waals surface area (Å²) >= 11 is 2.98. The first-order valence-electron chi connectivity index (χ1n) is 3.18. The first-order chi connectivity index (χ1) is 6.52. The summed E-state index contributed by atoms with van der Waals surface area (Å²) in [6.45, 7) is -0.250. The van der Waals surface area contributed by atoms with Gasteiger partial charge in [0, 0.05) is 12.3 Å². The summed E-state index contributed by atoms with van der Waals surface area (Å²) in [7, 11) is 0. The highest BCUT2D eigenvalue weighted by Crippen LogP contribution is 2.18. The SMILES string of the molecule is O=C(O)c1cc(O)ncc1Br.O=CO. The summed E-state index contributed by atoms with van der Waals surface area (Å²) in [6.07, 6.45) is 1.23. The van der Waals surface area contributed by atoms with Gasteiger partial charge >= 0.3 is 5.97 Å². The molecule has 76 valence electrons. The van der Waals surface area contributed by atoms with Crippen molar-refractivity contribution in [1.29, 1.82) is 0 Å². The molecule has 0 bridgehead atoms. The number of aromatic hydroxyl groups is 1. The molecular weight excluding hydrogens is 258 g/mol. The monoisotopic (exact) mass is 263 g/mol. The van der Waals surface area contributed by atoms with Crippen molar-refractivity contribution in [2.75, 3.05) is 0 Å². The van der Waals surface area contributed by atoms with E-state index in [0.29, 0.717) is 4.47 Å². The third-order valence-electron chi connectivity index (χ3n) is 1.07. The number of hydrogen-bond donors (Lipinski definition) is 3. The standard InChI is InChI=1S/C6H4BrNO3.CH2O2/c7-4-2-8-5(9)1-3(4)6(10)11;2-1-3/h1-2H,(H,8,9)(H,10,11);1H,(H,2,3). The molecule has 0 atom stereocenters. The molecule has 0 saturated carbocycles. The zero-order valence-electron chi connectivity index (χ0n) is 6.72. The number of carboxylic acid groups (broad SMARTS) is 2. The highest BCUT2D eigenvalue weighted by molar-refractivity contribution is 9.10. The number of aromatic carboxylic acids is 1. The van der Waals surface area contributed by atoms with E-state index in [1.54, 1.807) is 0 Å². The molecule has 1 aromatic rings. The molecular formula is C7H6BrNO5. The molecule has 0 saturated heterocycles. The zero-order valence-corrected chi connectivity index (χ0v) is 8.30. The molecule has 14 heavy (non-hydrogen) atoms. The molecule has 0 amide bonds. The predicted octanol–water partition coefficient (Wildman–Crippen LogP) is 0.949. The Morgan fingerprint density at radius 3 is 2.43 bits per heavy atom. The average molecular weight is 264 g/mol. The minimum atomic E-state index is -1.10. The van der Waals surface area contributed by atoms with Crippen LogP contribution >= 0.6 is 15.9 Å². The largest absolute Gasteiger partial charge is 0.493 e. The van der Waals surface area contributed by atoms with Crippen molar-refractivity contribution in [2.24, 2.45) is 0 Å². The van der Waals surface area contributed by atoms with Gasteiger partial charge in [0.1, 0.15) is 0 Å². The highest BCUT2D eigenvalue weighted by atomic mass is 79.9. The molecule has 7 heteroatoms. The summed E-state index contributed by atoms with van der Waals surface area (Å²) in [5.41, 5.74) is -0.00231. The van der Waals surface area contributed by atoms with Gasteiger partial charge in [-0.1, -0.05) is 0 Å². The molecule has 1 heterocycles. The van der Waals surface area contributed by atoms with Gasteiger partial charge in [0.2, 0.25) is 5.88 Å². The van der Waals surface area contributed by atoms with E-state index in [0.717, 1.165) is 6.07 Å². The van der Waals surface area contributed by atoms with Crippen LogP contribution in [0.25, 0.3) is 0 Å². The Bertz CT molecular complexity index is 341. The Morgan fingerprint density at radius 2 is 2.07 bits per heavy atom. The van der Waals surface area contributed by atoms with Gasteiger partial charge < -0.3 is 15.3 Å². The Morgan fingerprint density at radius 1 is 1.57 bits per heavy atom. The van der Waals surface area contributed by atoms with Gasteiger partial charge in [-0.2, -0.15) is 0 Å². The lowest BCUT2D eigenvalue weighted by molar-refractivity contribution is -0.122. The maximum Gasteiger partial charge on any atom is 0.337 e. The fourth-order valence-electron chi connectivity index (χ4n) is 0.592. The van der Waals surface area contributed by atoms with Gasteiger partial charge in [0.25, 0.3) is 6.47 Å². The molecule has 6 nitrogen and oxygen atoms in total. The first-order valence-corrected chi connectivity index (χ1v) is 3.98. The lowest BCUT2D eigenvalue weighted by atomic mass is 10.3. The molecule has 0 unspecified atom stereocenters. The molecule has 0 fully saturated rings. The number of pyridine rings is 1. The Hall–Kier alpha value is -1.63. The summed E-state index contributed by atoms with van der Waals surface area (Å²) < 4.78 is 0.350. The first kappa shape index (κ1) is 12.4. The van der Waals surface area contributed by atoms with Crippen LogP contribution in [0.1, 0.15) is 10.4 Å². The lowest BCUT2D eigenvalue weighted by Crippen LogP contribution is -1.97. The van der Waals surface area contributed by atoms with Crippen LogP contribution in [-0.2, 0) is 4.79 Å². The molecule has 0 spiro atoms. The quantitative estimate of drug-likeness (QED) is 0.651. The van der Waals surface area contributed by atoms with E-state index in [9.17, 15) is 4.79 Å². The smallest absolute Gasteiger partial charge is 0.337 e. The molecule has 1 aromatic heterocycles. The van der Waals surface area contributed by atoms with Gasteiger partial charge in [0.15, 0.2) is 0 Å². The van der Waals surface area contributed by atoms with E-state index in [-0.39, 0.29) is 17.9 Å². The minimum Gasteiger partial charge on any atom is -0.493 e. The van der Waals surface area contributed by atoms with Crippen LogP contribution in [0.5, 0.6) is 5.88 Å². The van der Waals surface area contributed by atoms with Crippen molar-refractivity contribution >= 4 is 28.4 Å². The second-order valence-corrected chi connectivity index (χ2v) is 2.79. The molecule has 0 aliphatic heterocycles. The molecule has 0 aliphatic carbocycles. The molecule has 1 rings (SSSR count). The van der Waals surface area contributed by atoms with E-state index in [2.05, 4.69) is 20.9 Å². The number of hydrogen-bond acceptors (Lipinski definition) is 4. The number of halogens is 1. The Labute approximate surface area is 87.0 Å². The number of rotatable bonds is 1. The normalized spacial score (nSPS) is 8.36. The van der Waals surface area contributed by atoms with Crippen LogP contribution in [0, 0.1) is 0 Å². The molecule has 0 aliphatic rings. The number of carboxylic acids is 1. The van der Waals surface area contributed by atoms with Gasteiger partial charge in [-0.05, 0) is 15.9 Å². The van der Waals surface area contributed by atoms with E-state index in [1.807, 2.05) is 0 Å². The number of nitrogens with zero attached hydrogens (tertiary/aromatic N) is 1. The van der Waals surface area contributed by atoms with E-state index in [1.165, 1.54) is 6.20 Å². The van der Waals surface area contributed by atoms with Gasteiger partial charge in [-0.15, -0.1) is 0 Å². The topological polar surface area (TPSA) is 108 Å². The molecule has 0 aromatic carbocycles. The Kier molecular flexibility index (Phi) is 5.23. The fraction of sp³-hybridized carbons (Fsp3) is 0. The maximum atomic E-state index is 10.4. The summed E-state index contributed by atoms with van der Waals surface area (Å²) in [4.78, 5) is 22.2. The zero-order chi connectivity index (χ0) is 11.1. The van der Waals surface area contributed by atoms with Gasteiger partial charge in [-0.3, -0.25) is 4.79 Å². The molecule has 3 N–H and O–H groups in total. The third-order valence-corrected chi connectivity index (χ3v) is 1.70. The molecule has 0 radical (unpaired) electrons. The second-order valence-electron chi connectivity index (χ2n) is 1.93. The summed E-state index contributed by atoms with van der Waals surface area (Å²) in [5.74, 6) is -1.40. The fourth-order valence-corrected chi connectivity index (χ4v) is 0.978. The Balaban J connectivity index is 0.000000500. The van der Waals surface area contributed by atoms with Gasteiger partial charge in [-0.25, -0.2) is 9.78 Å². The number of aromatic nitrogens is 1. The van der Waals surface area contributed by atoms with Crippen LogP contribution in [0.2, 0.25) is 0 Å². The van der Waals surface area contributed by atoms with Crippen LogP contribution < -0.4 is 0 Å². The van der Waals surface area contributed by atoms with E-state index < -0.39 is 5.97 Å². The van der Waals surface area contributed by atoms with Crippen molar-refractivity contribution in [3.63, 3.8) is 0 Å². The van der Waals surface area contributed by atoms with Gasteiger partial charge in [0.05, 0.1) is 10.0 Å². The summed E-state index contributed by atoms with van der Waals surface area (Å²) in [5, 5.41) is 24.2. The third kappa shape index (κ3) is 3.85. The number of carbonyl (C=O) groups is 2. The minimum absolute atomic E-state index is 0.00231. The average Bonchev–Trinajstić information content (AvgIpc) is 2.10. The summed E-state index contributed by atoms with van der Waals surface area (Å²) in [6, 6.07) is 1.08. The van der Waals surface area contributed by atoms with Crippen LogP contribution in [0.15, 0.2) is 16.7 Å². The maximum absolute atomic E-state index is 10.4. The van der Waals surface area contributed by atoms with E-state index in [4.69, 9.17) is 20.1 Å².